The second-order valence-corrected chi connectivity index (χ2v) is 10.1. The summed E-state index contributed by atoms with van der Waals surface area (Å²) >= 11 is 3.52. The number of hydrogen-bond donors (Lipinski definition) is 2. The van der Waals surface area contributed by atoms with Crippen molar-refractivity contribution in [1.82, 2.24) is 0 Å². The Kier molecular flexibility index (Phi) is 4.64. The Morgan fingerprint density at radius 2 is 1.71 bits per heavy atom. The molecule has 3 aliphatic rings. The number of carbonyl (C=O) groups excluding carboxylic acids is 1. The van der Waals surface area contributed by atoms with E-state index in [9.17, 15) is 4.79 Å². The van der Waals surface area contributed by atoms with Crippen LogP contribution in [0.1, 0.15) is 52.7 Å². The van der Waals surface area contributed by atoms with E-state index < -0.39 is 0 Å². The largest absolute Gasteiger partial charge is 0.378 e. The third-order valence-corrected chi connectivity index (χ3v) is 8.32. The third kappa shape index (κ3) is 3.20. The van der Waals surface area contributed by atoms with E-state index in [1.54, 1.807) is 0 Å². The summed E-state index contributed by atoms with van der Waals surface area (Å²) in [5.74, 6) is 2.61. The molecule has 0 aromatic heterocycles. The number of nitrogens with one attached hydrogen (secondary N) is 2. The molecule has 1 aliphatic heterocycles. The van der Waals surface area contributed by atoms with Gasteiger partial charge in [0.2, 0.25) is 0 Å². The molecule has 1 heterocycles. The predicted molar refractivity (Wildman–Crippen MR) is 128 cm³/mol. The summed E-state index contributed by atoms with van der Waals surface area (Å²) in [6, 6.07) is 25.2. The summed E-state index contributed by atoms with van der Waals surface area (Å²) in [7, 11) is 0. The normalized spacial score (nSPS) is 27.8. The van der Waals surface area contributed by atoms with Gasteiger partial charge in [0.25, 0.3) is 5.91 Å². The molecule has 2 aliphatic carbocycles. The SMILES string of the molecule is O=C(Nc1ccccc1Br)c1ccc2c(c1)[C@@H]1[C@H]3CC[C@@H](C3)[C@@H]1[C@H](c1ccccc1)N2. The molecule has 2 bridgehead atoms. The van der Waals surface area contributed by atoms with Crippen molar-refractivity contribution >= 4 is 33.2 Å². The van der Waals surface area contributed by atoms with E-state index in [2.05, 4.69) is 69.0 Å². The maximum absolute atomic E-state index is 13.0. The lowest BCUT2D eigenvalue weighted by Crippen LogP contribution is -2.35. The molecule has 2 saturated carbocycles. The van der Waals surface area contributed by atoms with Gasteiger partial charge in [0.15, 0.2) is 0 Å². The molecule has 31 heavy (non-hydrogen) atoms. The summed E-state index contributed by atoms with van der Waals surface area (Å²) in [6.45, 7) is 0. The van der Waals surface area contributed by atoms with E-state index >= 15 is 0 Å². The van der Waals surface area contributed by atoms with Gasteiger partial charge >= 0.3 is 0 Å². The van der Waals surface area contributed by atoms with Crippen molar-refractivity contribution in [2.75, 3.05) is 10.6 Å². The van der Waals surface area contributed by atoms with Crippen LogP contribution in [0.15, 0.2) is 77.3 Å². The molecule has 2 N–H and O–H groups in total. The molecule has 0 unspecified atom stereocenters. The standard InChI is InChI=1S/C27H25BrN2O/c28-21-8-4-5-9-23(21)30-27(31)19-12-13-22-20(15-19)24-17-10-11-18(14-17)25(24)26(29-22)16-6-2-1-3-7-16/h1-9,12-13,15,17-18,24-26,29H,10-11,14H2,(H,30,31)/t17-,18-,24-,25-,26-/m0/s1. The maximum Gasteiger partial charge on any atom is 0.255 e. The number of amides is 1. The van der Waals surface area contributed by atoms with Crippen LogP contribution in [0.2, 0.25) is 0 Å². The van der Waals surface area contributed by atoms with Crippen LogP contribution in [0, 0.1) is 17.8 Å². The first-order valence-electron chi connectivity index (χ1n) is 11.2. The van der Waals surface area contributed by atoms with Gasteiger partial charge in [-0.15, -0.1) is 0 Å². The van der Waals surface area contributed by atoms with Gasteiger partial charge in [-0.05, 0) is 100 Å². The molecule has 3 aromatic carbocycles. The highest BCUT2D eigenvalue weighted by molar-refractivity contribution is 9.10. The van der Waals surface area contributed by atoms with E-state index in [4.69, 9.17) is 0 Å². The molecule has 4 heteroatoms. The van der Waals surface area contributed by atoms with Crippen LogP contribution in [0.3, 0.4) is 0 Å². The first kappa shape index (κ1) is 19.1. The van der Waals surface area contributed by atoms with Crippen LogP contribution in [-0.4, -0.2) is 5.91 Å². The number of rotatable bonds is 3. The summed E-state index contributed by atoms with van der Waals surface area (Å²) in [4.78, 5) is 13.0. The lowest BCUT2D eigenvalue weighted by atomic mass is 9.68. The van der Waals surface area contributed by atoms with Gasteiger partial charge in [0, 0.05) is 15.7 Å². The Morgan fingerprint density at radius 3 is 2.55 bits per heavy atom. The van der Waals surface area contributed by atoms with Gasteiger partial charge in [-0.2, -0.15) is 0 Å². The molecular formula is C27H25BrN2O. The van der Waals surface area contributed by atoms with Crippen molar-refractivity contribution in [3.8, 4) is 0 Å². The fourth-order valence-corrected chi connectivity index (χ4v) is 6.76. The van der Waals surface area contributed by atoms with Gasteiger partial charge in [-0.25, -0.2) is 0 Å². The van der Waals surface area contributed by atoms with Crippen LogP contribution < -0.4 is 10.6 Å². The van der Waals surface area contributed by atoms with Crippen molar-refractivity contribution in [3.63, 3.8) is 0 Å². The van der Waals surface area contributed by atoms with Crippen molar-refractivity contribution in [2.24, 2.45) is 17.8 Å². The van der Waals surface area contributed by atoms with Gasteiger partial charge in [-0.1, -0.05) is 42.5 Å². The van der Waals surface area contributed by atoms with Crippen LogP contribution in [0.5, 0.6) is 0 Å². The molecule has 3 aromatic rings. The van der Waals surface area contributed by atoms with E-state index in [-0.39, 0.29) is 5.91 Å². The number of benzene rings is 3. The maximum atomic E-state index is 13.0. The highest BCUT2D eigenvalue weighted by Gasteiger charge is 2.53. The van der Waals surface area contributed by atoms with Crippen molar-refractivity contribution < 1.29 is 4.79 Å². The van der Waals surface area contributed by atoms with Gasteiger partial charge < -0.3 is 10.6 Å². The molecule has 5 atom stereocenters. The van der Waals surface area contributed by atoms with Crippen molar-refractivity contribution in [1.29, 1.82) is 0 Å². The highest BCUT2D eigenvalue weighted by atomic mass is 79.9. The minimum atomic E-state index is -0.0559. The molecule has 2 fully saturated rings. The fraction of sp³-hybridized carbons (Fsp3) is 0.296. The summed E-state index contributed by atoms with van der Waals surface area (Å²) < 4.78 is 0.891. The van der Waals surface area contributed by atoms with E-state index in [0.717, 1.165) is 27.6 Å². The topological polar surface area (TPSA) is 41.1 Å². The van der Waals surface area contributed by atoms with E-state index in [1.165, 1.54) is 36.1 Å². The molecule has 0 spiro atoms. The lowest BCUT2D eigenvalue weighted by Gasteiger charge is -2.43. The number of anilines is 2. The Hall–Kier alpha value is -2.59. The Labute approximate surface area is 191 Å². The molecule has 3 nitrogen and oxygen atoms in total. The monoisotopic (exact) mass is 472 g/mol. The average Bonchev–Trinajstić information content (AvgIpc) is 3.43. The van der Waals surface area contributed by atoms with Crippen molar-refractivity contribution in [3.05, 3.63) is 94.0 Å². The van der Waals surface area contributed by atoms with Gasteiger partial charge in [-0.3, -0.25) is 4.79 Å². The molecule has 1 amide bonds. The Balaban J connectivity index is 1.36. The number of carbonyl (C=O) groups is 1. The highest BCUT2D eigenvalue weighted by Crippen LogP contribution is 2.63. The first-order valence-corrected chi connectivity index (χ1v) is 12.0. The zero-order valence-electron chi connectivity index (χ0n) is 17.2. The first-order chi connectivity index (χ1) is 15.2. The molecular weight excluding hydrogens is 448 g/mol. The summed E-state index contributed by atoms with van der Waals surface area (Å²) in [5, 5.41) is 6.91. The second-order valence-electron chi connectivity index (χ2n) is 9.21. The van der Waals surface area contributed by atoms with Gasteiger partial charge in [0.05, 0.1) is 11.7 Å². The van der Waals surface area contributed by atoms with Crippen molar-refractivity contribution in [2.45, 2.75) is 31.2 Å². The Bertz CT molecular complexity index is 1140. The minimum Gasteiger partial charge on any atom is -0.378 e. The lowest BCUT2D eigenvalue weighted by molar-refractivity contribution is 0.102. The molecule has 156 valence electrons. The van der Waals surface area contributed by atoms with Crippen LogP contribution in [0.25, 0.3) is 0 Å². The second kappa shape index (κ2) is 7.52. The molecule has 6 rings (SSSR count). The van der Waals surface area contributed by atoms with Crippen LogP contribution in [-0.2, 0) is 0 Å². The third-order valence-electron chi connectivity index (χ3n) is 7.63. The Morgan fingerprint density at radius 1 is 0.935 bits per heavy atom. The summed E-state index contributed by atoms with van der Waals surface area (Å²) in [5.41, 5.74) is 5.44. The van der Waals surface area contributed by atoms with E-state index in [0.29, 0.717) is 17.9 Å². The minimum absolute atomic E-state index is 0.0559. The van der Waals surface area contributed by atoms with Crippen LogP contribution in [0.4, 0.5) is 11.4 Å². The number of halogens is 1. The number of fused-ring (bicyclic) bond motifs is 7. The average molecular weight is 473 g/mol. The van der Waals surface area contributed by atoms with Gasteiger partial charge in [0.1, 0.15) is 0 Å². The molecule has 0 saturated heterocycles. The fourth-order valence-electron chi connectivity index (χ4n) is 6.37. The predicted octanol–water partition coefficient (Wildman–Crippen LogP) is 7.00. The zero-order valence-corrected chi connectivity index (χ0v) is 18.8. The van der Waals surface area contributed by atoms with Crippen LogP contribution >= 0.6 is 15.9 Å². The smallest absolute Gasteiger partial charge is 0.255 e. The zero-order chi connectivity index (χ0) is 20.9. The quantitative estimate of drug-likeness (QED) is 0.430. The summed E-state index contributed by atoms with van der Waals surface area (Å²) in [6.07, 6.45) is 3.99. The number of para-hydroxylation sites is 1. The molecule has 0 radical (unpaired) electrons. The van der Waals surface area contributed by atoms with E-state index in [1.807, 2.05) is 30.3 Å². The number of hydrogen-bond acceptors (Lipinski definition) is 2.